The summed E-state index contributed by atoms with van der Waals surface area (Å²) in [7, 11) is 3.96. The van der Waals surface area contributed by atoms with E-state index in [9.17, 15) is 0 Å². The number of hydrogen-bond donors (Lipinski definition) is 0. The first-order valence-corrected chi connectivity index (χ1v) is 6.86. The van der Waals surface area contributed by atoms with Gasteiger partial charge in [-0.15, -0.1) is 0 Å². The van der Waals surface area contributed by atoms with Crippen molar-refractivity contribution in [1.29, 1.82) is 0 Å². The van der Waals surface area contributed by atoms with Crippen molar-refractivity contribution in [2.45, 2.75) is 0 Å². The third-order valence-corrected chi connectivity index (χ3v) is 3.70. The second-order valence-corrected chi connectivity index (χ2v) is 5.53. The van der Waals surface area contributed by atoms with Crippen molar-refractivity contribution in [3.05, 3.63) is 40.5 Å². The molecule has 0 radical (unpaired) electrons. The standard InChI is InChI=1S/C13H12IN5/c1-18(2)12-6-10(14)9(7-16-12)11-8-19-5-3-4-15-13(19)17-11/h3-8H,1-2H3. The molecular formula is C13H12IN5. The molecule has 0 bridgehead atoms. The van der Waals surface area contributed by atoms with Crippen molar-refractivity contribution in [2.75, 3.05) is 19.0 Å². The first-order valence-electron chi connectivity index (χ1n) is 5.78. The van der Waals surface area contributed by atoms with Crippen LogP contribution in [0.1, 0.15) is 0 Å². The average molecular weight is 365 g/mol. The number of halogens is 1. The molecule has 0 aliphatic carbocycles. The fraction of sp³-hybridized carbons (Fsp3) is 0.154. The number of rotatable bonds is 2. The van der Waals surface area contributed by atoms with Gasteiger partial charge in [-0.2, -0.15) is 0 Å². The molecule has 0 unspecified atom stereocenters. The summed E-state index contributed by atoms with van der Waals surface area (Å²) in [5.74, 6) is 1.64. The second kappa shape index (κ2) is 4.76. The SMILES string of the molecule is CN(C)c1cc(I)c(-c2cn3cccnc3n2)cn1. The van der Waals surface area contributed by atoms with Crippen LogP contribution in [0.3, 0.4) is 0 Å². The molecule has 3 aromatic rings. The summed E-state index contributed by atoms with van der Waals surface area (Å²) in [5, 5.41) is 0. The first kappa shape index (κ1) is 12.3. The van der Waals surface area contributed by atoms with Gasteiger partial charge in [0.05, 0.1) is 5.69 Å². The molecule has 6 heteroatoms. The van der Waals surface area contributed by atoms with E-state index in [1.54, 1.807) is 6.20 Å². The van der Waals surface area contributed by atoms with Gasteiger partial charge < -0.3 is 4.90 Å². The summed E-state index contributed by atoms with van der Waals surface area (Å²) in [6.45, 7) is 0. The number of nitrogens with zero attached hydrogens (tertiary/aromatic N) is 5. The maximum atomic E-state index is 4.51. The van der Waals surface area contributed by atoms with Gasteiger partial charge in [-0.1, -0.05) is 0 Å². The van der Waals surface area contributed by atoms with E-state index in [2.05, 4.69) is 37.5 Å². The summed E-state index contributed by atoms with van der Waals surface area (Å²) < 4.78 is 3.03. The van der Waals surface area contributed by atoms with E-state index in [1.165, 1.54) is 0 Å². The van der Waals surface area contributed by atoms with Crippen LogP contribution in [0, 0.1) is 3.57 Å². The number of imidazole rings is 1. The smallest absolute Gasteiger partial charge is 0.234 e. The highest BCUT2D eigenvalue weighted by molar-refractivity contribution is 14.1. The van der Waals surface area contributed by atoms with E-state index >= 15 is 0 Å². The van der Waals surface area contributed by atoms with Crippen LogP contribution in [-0.4, -0.2) is 33.4 Å². The van der Waals surface area contributed by atoms with Gasteiger partial charge in [0.1, 0.15) is 5.82 Å². The highest BCUT2D eigenvalue weighted by Gasteiger charge is 2.10. The number of pyridine rings is 1. The Bertz CT molecular complexity index is 702. The molecule has 0 aromatic carbocycles. The zero-order chi connectivity index (χ0) is 13.4. The Hall–Kier alpha value is -1.70. The van der Waals surface area contributed by atoms with Crippen LogP contribution in [0.4, 0.5) is 5.82 Å². The van der Waals surface area contributed by atoms with Crippen molar-refractivity contribution < 1.29 is 0 Å². The van der Waals surface area contributed by atoms with Crippen molar-refractivity contribution in [2.24, 2.45) is 0 Å². The molecule has 0 spiro atoms. The van der Waals surface area contributed by atoms with Crippen LogP contribution >= 0.6 is 22.6 Å². The zero-order valence-corrected chi connectivity index (χ0v) is 12.7. The van der Waals surface area contributed by atoms with E-state index in [4.69, 9.17) is 0 Å². The van der Waals surface area contributed by atoms with E-state index in [0.717, 1.165) is 20.6 Å². The quantitative estimate of drug-likeness (QED) is 0.655. The summed E-state index contributed by atoms with van der Waals surface area (Å²) >= 11 is 2.31. The van der Waals surface area contributed by atoms with Gasteiger partial charge in [-0.25, -0.2) is 15.0 Å². The molecular weight excluding hydrogens is 353 g/mol. The number of aromatic nitrogens is 4. The van der Waals surface area contributed by atoms with Crippen molar-refractivity contribution in [3.8, 4) is 11.3 Å². The third-order valence-electron chi connectivity index (χ3n) is 2.81. The van der Waals surface area contributed by atoms with Gasteiger partial charge in [-0.05, 0) is 34.7 Å². The van der Waals surface area contributed by atoms with Crippen molar-refractivity contribution in [1.82, 2.24) is 19.4 Å². The fourth-order valence-electron chi connectivity index (χ4n) is 1.81. The molecule has 3 rings (SSSR count). The highest BCUT2D eigenvalue weighted by atomic mass is 127. The molecule has 0 amide bonds. The van der Waals surface area contributed by atoms with E-state index < -0.39 is 0 Å². The van der Waals surface area contributed by atoms with Crippen LogP contribution in [0.15, 0.2) is 36.9 Å². The van der Waals surface area contributed by atoms with E-state index in [1.807, 2.05) is 54.1 Å². The summed E-state index contributed by atoms with van der Waals surface area (Å²) in [5.41, 5.74) is 1.91. The average Bonchev–Trinajstić information content (AvgIpc) is 2.81. The lowest BCUT2D eigenvalue weighted by molar-refractivity contribution is 1.06. The molecule has 3 heterocycles. The molecule has 0 saturated carbocycles. The van der Waals surface area contributed by atoms with Gasteiger partial charge >= 0.3 is 0 Å². The molecule has 3 aromatic heterocycles. The molecule has 19 heavy (non-hydrogen) atoms. The summed E-state index contributed by atoms with van der Waals surface area (Å²) in [4.78, 5) is 15.2. The topological polar surface area (TPSA) is 46.3 Å². The van der Waals surface area contributed by atoms with Crippen LogP contribution < -0.4 is 4.90 Å². The number of fused-ring (bicyclic) bond motifs is 1. The summed E-state index contributed by atoms with van der Waals surface area (Å²) in [6.07, 6.45) is 7.51. The highest BCUT2D eigenvalue weighted by Crippen LogP contribution is 2.26. The molecule has 5 nitrogen and oxygen atoms in total. The van der Waals surface area contributed by atoms with Crippen LogP contribution in [0.25, 0.3) is 17.0 Å². The Balaban J connectivity index is 2.11. The number of hydrogen-bond acceptors (Lipinski definition) is 4. The third kappa shape index (κ3) is 2.27. The normalized spacial score (nSPS) is 10.9. The molecule has 0 aliphatic rings. The maximum absolute atomic E-state index is 4.51. The zero-order valence-electron chi connectivity index (χ0n) is 10.6. The Labute approximate surface area is 124 Å². The lowest BCUT2D eigenvalue weighted by Crippen LogP contribution is -2.10. The molecule has 96 valence electrons. The van der Waals surface area contributed by atoms with Gasteiger partial charge in [0, 0.05) is 48.0 Å². The monoisotopic (exact) mass is 365 g/mol. The second-order valence-electron chi connectivity index (χ2n) is 4.37. The van der Waals surface area contributed by atoms with Crippen LogP contribution in [-0.2, 0) is 0 Å². The summed E-state index contributed by atoms with van der Waals surface area (Å²) in [6, 6.07) is 3.93. The molecule has 0 fully saturated rings. The predicted octanol–water partition coefficient (Wildman–Crippen LogP) is 2.46. The lowest BCUT2D eigenvalue weighted by atomic mass is 10.2. The van der Waals surface area contributed by atoms with Gasteiger partial charge in [0.15, 0.2) is 0 Å². The Kier molecular flexibility index (Phi) is 3.09. The van der Waals surface area contributed by atoms with E-state index in [0.29, 0.717) is 5.78 Å². The van der Waals surface area contributed by atoms with Crippen molar-refractivity contribution in [3.63, 3.8) is 0 Å². The van der Waals surface area contributed by atoms with Gasteiger partial charge in [0.2, 0.25) is 5.78 Å². The molecule has 0 saturated heterocycles. The minimum atomic E-state index is 0.699. The van der Waals surface area contributed by atoms with Gasteiger partial charge in [-0.3, -0.25) is 4.40 Å². The van der Waals surface area contributed by atoms with Crippen LogP contribution in [0.2, 0.25) is 0 Å². The lowest BCUT2D eigenvalue weighted by Gasteiger charge is -2.12. The van der Waals surface area contributed by atoms with Crippen molar-refractivity contribution >= 4 is 34.2 Å². The maximum Gasteiger partial charge on any atom is 0.234 e. The molecule has 0 N–H and O–H groups in total. The predicted molar refractivity (Wildman–Crippen MR) is 83.3 cm³/mol. The number of anilines is 1. The Morgan fingerprint density at radius 2 is 2.11 bits per heavy atom. The largest absolute Gasteiger partial charge is 0.363 e. The van der Waals surface area contributed by atoms with Crippen LogP contribution in [0.5, 0.6) is 0 Å². The minimum absolute atomic E-state index is 0.699. The van der Waals surface area contributed by atoms with E-state index in [-0.39, 0.29) is 0 Å². The Morgan fingerprint density at radius 3 is 2.79 bits per heavy atom. The minimum Gasteiger partial charge on any atom is -0.363 e. The fourth-order valence-corrected chi connectivity index (χ4v) is 2.51. The first-order chi connectivity index (χ1) is 9.15. The Morgan fingerprint density at radius 1 is 1.26 bits per heavy atom. The molecule has 0 atom stereocenters. The molecule has 0 aliphatic heterocycles. The van der Waals surface area contributed by atoms with Gasteiger partial charge in [0.25, 0.3) is 0 Å².